The maximum absolute atomic E-state index is 11.2. The predicted octanol–water partition coefficient (Wildman–Crippen LogP) is -1.65. The van der Waals surface area contributed by atoms with Gasteiger partial charge in [0.1, 0.15) is 0 Å². The summed E-state index contributed by atoms with van der Waals surface area (Å²) in [5.74, 6) is -0.216. The van der Waals surface area contributed by atoms with Crippen LogP contribution < -0.4 is 16.8 Å². The van der Waals surface area contributed by atoms with E-state index in [1.54, 1.807) is 12.5 Å². The van der Waals surface area contributed by atoms with Crippen molar-refractivity contribution < 1.29 is 4.79 Å². The van der Waals surface area contributed by atoms with Gasteiger partial charge in [-0.25, -0.2) is 4.98 Å². The molecule has 1 amide bonds. The second kappa shape index (κ2) is 5.36. The molecule has 0 bridgehead atoms. The van der Waals surface area contributed by atoms with Gasteiger partial charge in [0.25, 0.3) is 0 Å². The van der Waals surface area contributed by atoms with Gasteiger partial charge in [0.15, 0.2) is 0 Å². The van der Waals surface area contributed by atoms with Crippen LogP contribution in [0.1, 0.15) is 5.69 Å². The standard InChI is InChI=1S/C8H15N5O/c9-3-7(10)8(14)12-2-1-6-4-11-5-13-6/h4-5,7H,1-3,9-10H2,(H,11,13)(H,12,14). The number of nitrogens with one attached hydrogen (secondary N) is 2. The molecule has 0 saturated carbocycles. The van der Waals surface area contributed by atoms with Gasteiger partial charge in [-0.1, -0.05) is 0 Å². The molecule has 0 fully saturated rings. The number of hydrogen-bond acceptors (Lipinski definition) is 4. The Morgan fingerprint density at radius 3 is 3.07 bits per heavy atom. The van der Waals surface area contributed by atoms with Gasteiger partial charge < -0.3 is 21.8 Å². The second-order valence-electron chi connectivity index (χ2n) is 2.96. The molecule has 78 valence electrons. The maximum Gasteiger partial charge on any atom is 0.238 e. The summed E-state index contributed by atoms with van der Waals surface area (Å²) in [6, 6.07) is -0.614. The van der Waals surface area contributed by atoms with E-state index in [2.05, 4.69) is 15.3 Å². The summed E-state index contributed by atoms with van der Waals surface area (Å²) in [5.41, 5.74) is 11.6. The molecule has 6 nitrogen and oxygen atoms in total. The van der Waals surface area contributed by atoms with Crippen LogP contribution in [0.5, 0.6) is 0 Å². The highest BCUT2D eigenvalue weighted by Gasteiger charge is 2.09. The van der Waals surface area contributed by atoms with E-state index in [1.807, 2.05) is 0 Å². The Balaban J connectivity index is 2.18. The molecule has 0 aromatic carbocycles. The number of nitrogens with two attached hydrogens (primary N) is 2. The maximum atomic E-state index is 11.2. The van der Waals surface area contributed by atoms with E-state index in [0.717, 1.165) is 5.69 Å². The van der Waals surface area contributed by atoms with E-state index >= 15 is 0 Å². The lowest BCUT2D eigenvalue weighted by atomic mass is 10.3. The molecule has 0 aliphatic heterocycles. The molecule has 6 N–H and O–H groups in total. The predicted molar refractivity (Wildman–Crippen MR) is 52.3 cm³/mol. The van der Waals surface area contributed by atoms with Crippen LogP contribution in [0.25, 0.3) is 0 Å². The van der Waals surface area contributed by atoms with Crippen LogP contribution in [-0.4, -0.2) is 35.0 Å². The Kier molecular flexibility index (Phi) is 4.09. The van der Waals surface area contributed by atoms with Crippen molar-refractivity contribution in [1.82, 2.24) is 15.3 Å². The lowest BCUT2D eigenvalue weighted by Crippen LogP contribution is -2.45. The van der Waals surface area contributed by atoms with Crippen molar-refractivity contribution in [2.24, 2.45) is 11.5 Å². The van der Waals surface area contributed by atoms with Crippen LogP contribution in [-0.2, 0) is 11.2 Å². The van der Waals surface area contributed by atoms with Gasteiger partial charge in [0.2, 0.25) is 5.91 Å². The molecule has 0 aliphatic carbocycles. The molecule has 1 heterocycles. The van der Waals surface area contributed by atoms with E-state index < -0.39 is 6.04 Å². The first kappa shape index (κ1) is 10.7. The number of carbonyl (C=O) groups is 1. The highest BCUT2D eigenvalue weighted by Crippen LogP contribution is 1.90. The molecule has 1 atom stereocenters. The Morgan fingerprint density at radius 1 is 1.71 bits per heavy atom. The van der Waals surface area contributed by atoms with Gasteiger partial charge in [-0.15, -0.1) is 0 Å². The summed E-state index contributed by atoms with van der Waals surface area (Å²) in [6.45, 7) is 0.699. The number of amides is 1. The molecule has 1 unspecified atom stereocenters. The fourth-order valence-corrected chi connectivity index (χ4v) is 0.980. The van der Waals surface area contributed by atoms with Gasteiger partial charge >= 0.3 is 0 Å². The van der Waals surface area contributed by atoms with Gasteiger partial charge in [-0.05, 0) is 0 Å². The average molecular weight is 197 g/mol. The fourth-order valence-electron chi connectivity index (χ4n) is 0.980. The topological polar surface area (TPSA) is 110 Å². The first-order chi connectivity index (χ1) is 6.74. The summed E-state index contributed by atoms with van der Waals surface area (Å²) < 4.78 is 0. The van der Waals surface area contributed by atoms with Crippen molar-refractivity contribution in [3.05, 3.63) is 18.2 Å². The number of H-pyrrole nitrogens is 1. The molecule has 14 heavy (non-hydrogen) atoms. The Labute approximate surface area is 82.1 Å². The Bertz CT molecular complexity index is 271. The van der Waals surface area contributed by atoms with Crippen molar-refractivity contribution in [3.8, 4) is 0 Å². The number of hydrogen-bond donors (Lipinski definition) is 4. The van der Waals surface area contributed by atoms with Gasteiger partial charge in [0.05, 0.1) is 12.4 Å². The smallest absolute Gasteiger partial charge is 0.238 e. The van der Waals surface area contributed by atoms with Crippen LogP contribution in [0, 0.1) is 0 Å². The molecule has 0 aliphatic rings. The highest BCUT2D eigenvalue weighted by atomic mass is 16.2. The number of nitrogens with zero attached hydrogens (tertiary/aromatic N) is 1. The van der Waals surface area contributed by atoms with E-state index in [-0.39, 0.29) is 12.5 Å². The van der Waals surface area contributed by atoms with E-state index in [1.165, 1.54) is 0 Å². The molecule has 1 aromatic rings. The highest BCUT2D eigenvalue weighted by molar-refractivity contribution is 5.81. The first-order valence-corrected chi connectivity index (χ1v) is 4.44. The zero-order valence-electron chi connectivity index (χ0n) is 7.86. The van der Waals surface area contributed by atoms with Gasteiger partial charge in [0, 0.05) is 31.4 Å². The van der Waals surface area contributed by atoms with E-state index in [4.69, 9.17) is 11.5 Å². The summed E-state index contributed by atoms with van der Waals surface area (Å²) in [4.78, 5) is 18.0. The molecule has 6 heteroatoms. The Hall–Kier alpha value is -1.40. The zero-order valence-corrected chi connectivity index (χ0v) is 7.86. The summed E-state index contributed by atoms with van der Waals surface area (Å²) in [7, 11) is 0. The fraction of sp³-hybridized carbons (Fsp3) is 0.500. The average Bonchev–Trinajstić information content (AvgIpc) is 2.69. The van der Waals surface area contributed by atoms with Crippen LogP contribution >= 0.6 is 0 Å². The van der Waals surface area contributed by atoms with Crippen LogP contribution in [0.3, 0.4) is 0 Å². The summed E-state index contributed by atoms with van der Waals surface area (Å²) in [5, 5.41) is 2.68. The van der Waals surface area contributed by atoms with Crippen molar-refractivity contribution in [1.29, 1.82) is 0 Å². The normalized spacial score (nSPS) is 12.4. The zero-order chi connectivity index (χ0) is 10.4. The Morgan fingerprint density at radius 2 is 2.50 bits per heavy atom. The minimum atomic E-state index is -0.614. The van der Waals surface area contributed by atoms with Crippen LogP contribution in [0.2, 0.25) is 0 Å². The molecule has 0 spiro atoms. The number of rotatable bonds is 5. The molecular formula is C8H15N5O. The third kappa shape index (κ3) is 3.15. The molecule has 0 saturated heterocycles. The number of aromatic nitrogens is 2. The summed E-state index contributed by atoms with van der Waals surface area (Å²) >= 11 is 0. The lowest BCUT2D eigenvalue weighted by molar-refractivity contribution is -0.122. The molecule has 1 rings (SSSR count). The van der Waals surface area contributed by atoms with Crippen LogP contribution in [0.15, 0.2) is 12.5 Å². The minimum Gasteiger partial charge on any atom is -0.354 e. The van der Waals surface area contributed by atoms with Crippen molar-refractivity contribution >= 4 is 5.91 Å². The SMILES string of the molecule is NCC(N)C(=O)NCCc1cnc[nH]1. The van der Waals surface area contributed by atoms with Crippen molar-refractivity contribution in [2.45, 2.75) is 12.5 Å². The third-order valence-electron chi connectivity index (χ3n) is 1.84. The lowest BCUT2D eigenvalue weighted by Gasteiger charge is -2.08. The van der Waals surface area contributed by atoms with Crippen molar-refractivity contribution in [3.63, 3.8) is 0 Å². The van der Waals surface area contributed by atoms with E-state index in [9.17, 15) is 4.79 Å². The van der Waals surface area contributed by atoms with E-state index in [0.29, 0.717) is 13.0 Å². The largest absolute Gasteiger partial charge is 0.354 e. The third-order valence-corrected chi connectivity index (χ3v) is 1.84. The van der Waals surface area contributed by atoms with Gasteiger partial charge in [-0.3, -0.25) is 4.79 Å². The van der Waals surface area contributed by atoms with Gasteiger partial charge in [-0.2, -0.15) is 0 Å². The second-order valence-corrected chi connectivity index (χ2v) is 2.96. The summed E-state index contributed by atoms with van der Waals surface area (Å²) in [6.07, 6.45) is 4.03. The quantitative estimate of drug-likeness (QED) is 0.453. The number of imidazole rings is 1. The first-order valence-electron chi connectivity index (χ1n) is 4.44. The molecular weight excluding hydrogens is 182 g/mol. The number of aromatic amines is 1. The molecule has 0 radical (unpaired) electrons. The monoisotopic (exact) mass is 197 g/mol. The van der Waals surface area contributed by atoms with Crippen LogP contribution in [0.4, 0.5) is 0 Å². The number of carbonyl (C=O) groups excluding carboxylic acids is 1. The minimum absolute atomic E-state index is 0.163. The van der Waals surface area contributed by atoms with Crippen molar-refractivity contribution in [2.75, 3.05) is 13.1 Å². The molecule has 1 aromatic heterocycles.